The highest BCUT2D eigenvalue weighted by atomic mass is 32.1. The summed E-state index contributed by atoms with van der Waals surface area (Å²) in [5.41, 5.74) is 2.16. The molecular weight excluding hydrogens is 296 g/mol. The molecule has 1 amide bonds. The number of para-hydroxylation sites is 1. The molecule has 0 aliphatic carbocycles. The van der Waals surface area contributed by atoms with Crippen molar-refractivity contribution in [3.05, 3.63) is 52.2 Å². The summed E-state index contributed by atoms with van der Waals surface area (Å²) in [4.78, 5) is 14.7. The van der Waals surface area contributed by atoms with Crippen molar-refractivity contribution in [3.8, 4) is 5.75 Å². The van der Waals surface area contributed by atoms with Gasteiger partial charge in [-0.15, -0.1) is 0 Å². The van der Waals surface area contributed by atoms with Crippen LogP contribution in [-0.2, 0) is 11.2 Å². The summed E-state index contributed by atoms with van der Waals surface area (Å²) in [6.07, 6.45) is 0.467. The van der Waals surface area contributed by atoms with Gasteiger partial charge in [0.25, 0.3) is 0 Å². The lowest BCUT2D eigenvalue weighted by Crippen LogP contribution is -2.49. The molecule has 2 heterocycles. The van der Waals surface area contributed by atoms with E-state index in [9.17, 15) is 4.79 Å². The normalized spacial score (nSPS) is 18.2. The Morgan fingerprint density at radius 1 is 1.41 bits per heavy atom. The Morgan fingerprint density at radius 2 is 2.27 bits per heavy atom. The van der Waals surface area contributed by atoms with Gasteiger partial charge >= 0.3 is 0 Å². The number of methoxy groups -OCH3 is 1. The molecule has 2 aromatic rings. The minimum Gasteiger partial charge on any atom is -0.496 e. The molecule has 1 aromatic carbocycles. The quantitative estimate of drug-likeness (QED) is 0.942. The van der Waals surface area contributed by atoms with Crippen LogP contribution in [0.2, 0.25) is 0 Å². The maximum atomic E-state index is 12.7. The van der Waals surface area contributed by atoms with Crippen molar-refractivity contribution in [2.75, 3.05) is 26.7 Å². The Bertz CT molecular complexity index is 627. The largest absolute Gasteiger partial charge is 0.496 e. The highest BCUT2D eigenvalue weighted by Gasteiger charge is 2.29. The van der Waals surface area contributed by atoms with E-state index in [1.807, 2.05) is 46.0 Å². The Hall–Kier alpha value is -1.85. The van der Waals surface area contributed by atoms with Gasteiger partial charge in [0.15, 0.2) is 0 Å². The van der Waals surface area contributed by atoms with Crippen LogP contribution in [0.1, 0.15) is 17.2 Å². The van der Waals surface area contributed by atoms with Crippen molar-refractivity contribution in [2.24, 2.45) is 0 Å². The van der Waals surface area contributed by atoms with Gasteiger partial charge in [0.05, 0.1) is 19.6 Å². The molecule has 1 aliphatic rings. The van der Waals surface area contributed by atoms with Gasteiger partial charge in [-0.05, 0) is 28.5 Å². The van der Waals surface area contributed by atoms with Crippen molar-refractivity contribution in [1.29, 1.82) is 0 Å². The molecule has 1 N–H and O–H groups in total. The average molecular weight is 316 g/mol. The molecule has 1 saturated heterocycles. The van der Waals surface area contributed by atoms with Crippen LogP contribution in [0.5, 0.6) is 5.75 Å². The summed E-state index contributed by atoms with van der Waals surface area (Å²) in [5, 5.41) is 7.43. The zero-order valence-electron chi connectivity index (χ0n) is 12.6. The number of piperazine rings is 1. The van der Waals surface area contributed by atoms with Crippen LogP contribution >= 0.6 is 11.3 Å². The summed E-state index contributed by atoms with van der Waals surface area (Å²) < 4.78 is 5.47. The second-order valence-electron chi connectivity index (χ2n) is 5.36. The standard InChI is InChI=1S/C17H20N2O2S/c1-21-16-5-3-2-4-14(16)15-11-18-7-8-19(15)17(20)10-13-6-9-22-12-13/h2-6,9,12,15,18H,7-8,10-11H2,1H3/t15-/m1/s1. The van der Waals surface area contributed by atoms with E-state index in [-0.39, 0.29) is 11.9 Å². The maximum Gasteiger partial charge on any atom is 0.227 e. The molecular formula is C17H20N2O2S. The van der Waals surface area contributed by atoms with E-state index in [4.69, 9.17) is 4.74 Å². The van der Waals surface area contributed by atoms with Gasteiger partial charge in [-0.1, -0.05) is 18.2 Å². The van der Waals surface area contributed by atoms with Gasteiger partial charge in [-0.2, -0.15) is 11.3 Å². The van der Waals surface area contributed by atoms with E-state index in [0.717, 1.165) is 36.5 Å². The smallest absolute Gasteiger partial charge is 0.227 e. The summed E-state index contributed by atoms with van der Waals surface area (Å²) in [6, 6.07) is 9.98. The first kappa shape index (κ1) is 15.1. The molecule has 116 valence electrons. The number of nitrogens with zero attached hydrogens (tertiary/aromatic N) is 1. The molecule has 1 fully saturated rings. The van der Waals surface area contributed by atoms with Gasteiger partial charge < -0.3 is 15.0 Å². The number of ether oxygens (including phenoxy) is 1. The Balaban J connectivity index is 1.83. The zero-order chi connectivity index (χ0) is 15.4. The molecule has 0 saturated carbocycles. The Morgan fingerprint density at radius 3 is 3.05 bits per heavy atom. The number of benzene rings is 1. The molecule has 0 radical (unpaired) electrons. The minimum absolute atomic E-state index is 0.0241. The molecule has 1 aromatic heterocycles. The summed E-state index contributed by atoms with van der Waals surface area (Å²) in [6.45, 7) is 2.32. The predicted molar refractivity (Wildman–Crippen MR) is 88.3 cm³/mol. The van der Waals surface area contributed by atoms with Crippen LogP contribution in [0, 0.1) is 0 Å². The van der Waals surface area contributed by atoms with Crippen molar-refractivity contribution in [3.63, 3.8) is 0 Å². The molecule has 0 bridgehead atoms. The number of thiophene rings is 1. The van der Waals surface area contributed by atoms with Crippen molar-refractivity contribution >= 4 is 17.2 Å². The number of hydrogen-bond donors (Lipinski definition) is 1. The predicted octanol–water partition coefficient (Wildman–Crippen LogP) is 2.47. The molecule has 22 heavy (non-hydrogen) atoms. The Labute approximate surface area is 134 Å². The van der Waals surface area contributed by atoms with Crippen LogP contribution in [0.15, 0.2) is 41.1 Å². The SMILES string of the molecule is COc1ccccc1[C@H]1CNCCN1C(=O)Cc1ccsc1. The fourth-order valence-electron chi connectivity index (χ4n) is 2.89. The van der Waals surface area contributed by atoms with E-state index in [1.54, 1.807) is 18.4 Å². The lowest BCUT2D eigenvalue weighted by Gasteiger charge is -2.37. The third-order valence-corrected chi connectivity index (χ3v) is 4.73. The first-order chi connectivity index (χ1) is 10.8. The number of nitrogens with one attached hydrogen (secondary N) is 1. The molecule has 0 unspecified atom stereocenters. The van der Waals surface area contributed by atoms with E-state index >= 15 is 0 Å². The molecule has 1 aliphatic heterocycles. The zero-order valence-corrected chi connectivity index (χ0v) is 13.4. The topological polar surface area (TPSA) is 41.6 Å². The molecule has 0 spiro atoms. The second-order valence-corrected chi connectivity index (χ2v) is 6.14. The van der Waals surface area contributed by atoms with Gasteiger partial charge in [-0.3, -0.25) is 4.79 Å². The van der Waals surface area contributed by atoms with Crippen LogP contribution in [0.25, 0.3) is 0 Å². The highest BCUT2D eigenvalue weighted by Crippen LogP contribution is 2.30. The molecule has 4 nitrogen and oxygen atoms in total. The lowest BCUT2D eigenvalue weighted by atomic mass is 10.0. The maximum absolute atomic E-state index is 12.7. The number of carbonyl (C=O) groups is 1. The van der Waals surface area contributed by atoms with E-state index in [0.29, 0.717) is 6.42 Å². The minimum atomic E-state index is 0.0241. The average Bonchev–Trinajstić information content (AvgIpc) is 3.07. The summed E-state index contributed by atoms with van der Waals surface area (Å²) in [5.74, 6) is 1.01. The third kappa shape index (κ3) is 3.15. The number of amides is 1. The third-order valence-electron chi connectivity index (χ3n) is 4.00. The summed E-state index contributed by atoms with van der Waals surface area (Å²) >= 11 is 1.63. The number of carbonyl (C=O) groups excluding carboxylic acids is 1. The van der Waals surface area contributed by atoms with E-state index < -0.39 is 0 Å². The summed E-state index contributed by atoms with van der Waals surface area (Å²) in [7, 11) is 1.67. The van der Waals surface area contributed by atoms with Gasteiger partial charge in [0.2, 0.25) is 5.91 Å². The van der Waals surface area contributed by atoms with Crippen LogP contribution in [0.4, 0.5) is 0 Å². The van der Waals surface area contributed by atoms with Gasteiger partial charge in [0.1, 0.15) is 5.75 Å². The van der Waals surface area contributed by atoms with E-state index in [2.05, 4.69) is 5.32 Å². The van der Waals surface area contributed by atoms with Crippen LogP contribution < -0.4 is 10.1 Å². The monoisotopic (exact) mass is 316 g/mol. The molecule has 5 heteroatoms. The van der Waals surface area contributed by atoms with Crippen molar-refractivity contribution < 1.29 is 9.53 Å². The lowest BCUT2D eigenvalue weighted by molar-refractivity contribution is -0.133. The number of hydrogen-bond acceptors (Lipinski definition) is 4. The van der Waals surface area contributed by atoms with Crippen molar-refractivity contribution in [2.45, 2.75) is 12.5 Å². The second kappa shape index (κ2) is 6.94. The fraction of sp³-hybridized carbons (Fsp3) is 0.353. The fourth-order valence-corrected chi connectivity index (χ4v) is 3.56. The molecule has 1 atom stereocenters. The van der Waals surface area contributed by atoms with Crippen LogP contribution in [0.3, 0.4) is 0 Å². The Kier molecular flexibility index (Phi) is 4.75. The van der Waals surface area contributed by atoms with Crippen LogP contribution in [-0.4, -0.2) is 37.6 Å². The highest BCUT2D eigenvalue weighted by molar-refractivity contribution is 7.07. The first-order valence-corrected chi connectivity index (χ1v) is 8.38. The van der Waals surface area contributed by atoms with Crippen molar-refractivity contribution in [1.82, 2.24) is 10.2 Å². The van der Waals surface area contributed by atoms with Gasteiger partial charge in [-0.25, -0.2) is 0 Å². The number of rotatable bonds is 4. The molecule has 3 rings (SSSR count). The first-order valence-electron chi connectivity index (χ1n) is 7.44. The van der Waals surface area contributed by atoms with Gasteiger partial charge in [0, 0.05) is 25.2 Å². The van der Waals surface area contributed by atoms with E-state index in [1.165, 1.54) is 0 Å².